The van der Waals surface area contributed by atoms with Crippen molar-refractivity contribution in [2.24, 2.45) is 0 Å². The number of phenols is 1. The van der Waals surface area contributed by atoms with Gasteiger partial charge in [-0.25, -0.2) is 0 Å². The van der Waals surface area contributed by atoms with E-state index in [4.69, 9.17) is 18.9 Å². The minimum absolute atomic E-state index is 0.172. The Morgan fingerprint density at radius 3 is 1.83 bits per heavy atom. The van der Waals surface area contributed by atoms with Crippen LogP contribution in [0.4, 0.5) is 0 Å². The molecule has 5 nitrogen and oxygen atoms in total. The summed E-state index contributed by atoms with van der Waals surface area (Å²) < 4.78 is 21.3. The Kier molecular flexibility index (Phi) is 4.42. The van der Waals surface area contributed by atoms with E-state index in [-0.39, 0.29) is 5.75 Å². The van der Waals surface area contributed by atoms with Crippen LogP contribution in [0, 0.1) is 0 Å². The van der Waals surface area contributed by atoms with Gasteiger partial charge in [0.2, 0.25) is 5.75 Å². The maximum atomic E-state index is 9.98. The fourth-order valence-corrected chi connectivity index (χ4v) is 3.18. The molecule has 24 heavy (non-hydrogen) atoms. The summed E-state index contributed by atoms with van der Waals surface area (Å²) in [5.74, 6) is 3.32. The minimum atomic E-state index is 0.172. The summed E-state index contributed by atoms with van der Waals surface area (Å²) >= 11 is 0. The van der Waals surface area contributed by atoms with Crippen LogP contribution < -0.4 is 18.9 Å². The van der Waals surface area contributed by atoms with E-state index >= 15 is 0 Å². The summed E-state index contributed by atoms with van der Waals surface area (Å²) in [5, 5.41) is 9.98. The molecule has 0 radical (unpaired) electrons. The highest BCUT2D eigenvalue weighted by atomic mass is 16.5. The lowest BCUT2D eigenvalue weighted by atomic mass is 10.0. The lowest BCUT2D eigenvalue weighted by molar-refractivity contribution is 0.324. The van der Waals surface area contributed by atoms with Gasteiger partial charge in [0.1, 0.15) is 0 Å². The lowest BCUT2D eigenvalue weighted by Crippen LogP contribution is -1.97. The van der Waals surface area contributed by atoms with Gasteiger partial charge in [0, 0.05) is 0 Å². The number of ether oxygens (including phenoxy) is 4. The van der Waals surface area contributed by atoms with E-state index < -0.39 is 0 Å². The molecule has 1 saturated carbocycles. The van der Waals surface area contributed by atoms with Crippen molar-refractivity contribution in [2.75, 3.05) is 28.4 Å². The molecule has 2 atom stereocenters. The molecule has 1 fully saturated rings. The first-order valence-corrected chi connectivity index (χ1v) is 7.79. The number of rotatable bonds is 6. The Hall–Kier alpha value is -2.56. The zero-order valence-electron chi connectivity index (χ0n) is 14.3. The highest BCUT2D eigenvalue weighted by Gasteiger charge is 2.40. The van der Waals surface area contributed by atoms with Crippen molar-refractivity contribution in [1.82, 2.24) is 0 Å². The number of hydrogen-bond acceptors (Lipinski definition) is 5. The largest absolute Gasteiger partial charge is 0.504 e. The van der Waals surface area contributed by atoms with E-state index in [0.29, 0.717) is 34.8 Å². The van der Waals surface area contributed by atoms with Crippen molar-refractivity contribution in [2.45, 2.75) is 18.3 Å². The van der Waals surface area contributed by atoms with Gasteiger partial charge >= 0.3 is 0 Å². The average molecular weight is 330 g/mol. The molecule has 3 rings (SSSR count). The smallest absolute Gasteiger partial charge is 0.203 e. The molecule has 0 heterocycles. The number of aromatic hydroxyl groups is 1. The zero-order valence-corrected chi connectivity index (χ0v) is 14.3. The zero-order chi connectivity index (χ0) is 17.3. The maximum Gasteiger partial charge on any atom is 0.203 e. The van der Waals surface area contributed by atoms with Gasteiger partial charge in [-0.1, -0.05) is 6.07 Å². The molecular weight excluding hydrogens is 308 g/mol. The Morgan fingerprint density at radius 1 is 0.750 bits per heavy atom. The van der Waals surface area contributed by atoms with E-state index in [1.165, 1.54) is 0 Å². The van der Waals surface area contributed by atoms with Gasteiger partial charge in [-0.3, -0.25) is 0 Å². The molecule has 1 aliphatic rings. The summed E-state index contributed by atoms with van der Waals surface area (Å²) in [6.45, 7) is 0. The molecular formula is C19H22O5. The molecule has 0 spiro atoms. The summed E-state index contributed by atoms with van der Waals surface area (Å²) in [6, 6.07) is 9.57. The highest BCUT2D eigenvalue weighted by Crippen LogP contribution is 2.57. The second-order valence-electron chi connectivity index (χ2n) is 5.84. The van der Waals surface area contributed by atoms with Gasteiger partial charge in [-0.2, -0.15) is 0 Å². The van der Waals surface area contributed by atoms with Crippen LogP contribution in [0.25, 0.3) is 0 Å². The monoisotopic (exact) mass is 330 g/mol. The van der Waals surface area contributed by atoms with Crippen LogP contribution in [-0.2, 0) is 0 Å². The van der Waals surface area contributed by atoms with Gasteiger partial charge in [0.05, 0.1) is 28.4 Å². The van der Waals surface area contributed by atoms with E-state index in [9.17, 15) is 5.11 Å². The second-order valence-corrected chi connectivity index (χ2v) is 5.84. The van der Waals surface area contributed by atoms with Gasteiger partial charge in [-0.15, -0.1) is 0 Å². The number of hydrogen-bond donors (Lipinski definition) is 1. The lowest BCUT2D eigenvalue weighted by Gasteiger charge is -2.14. The molecule has 128 valence electrons. The van der Waals surface area contributed by atoms with Crippen molar-refractivity contribution < 1.29 is 24.1 Å². The van der Waals surface area contributed by atoms with Crippen LogP contribution in [0.15, 0.2) is 30.3 Å². The molecule has 0 bridgehead atoms. The molecule has 0 amide bonds. The molecule has 1 aliphatic carbocycles. The fourth-order valence-electron chi connectivity index (χ4n) is 3.18. The Bertz CT molecular complexity index is 716. The van der Waals surface area contributed by atoms with Crippen LogP contribution in [-0.4, -0.2) is 33.5 Å². The van der Waals surface area contributed by atoms with Crippen LogP contribution in [0.1, 0.15) is 29.4 Å². The van der Waals surface area contributed by atoms with Crippen molar-refractivity contribution >= 4 is 0 Å². The van der Waals surface area contributed by atoms with Gasteiger partial charge < -0.3 is 24.1 Å². The normalized spacial score (nSPS) is 18.8. The quantitative estimate of drug-likeness (QED) is 0.875. The van der Waals surface area contributed by atoms with Gasteiger partial charge in [0.25, 0.3) is 0 Å². The predicted octanol–water partition coefficient (Wildman–Crippen LogP) is 3.70. The van der Waals surface area contributed by atoms with Gasteiger partial charge in [0.15, 0.2) is 23.0 Å². The predicted molar refractivity (Wildman–Crippen MR) is 90.9 cm³/mol. The molecule has 0 unspecified atom stereocenters. The first-order valence-electron chi connectivity index (χ1n) is 7.79. The maximum absolute atomic E-state index is 9.98. The minimum Gasteiger partial charge on any atom is -0.504 e. The topological polar surface area (TPSA) is 57.2 Å². The standard InChI is InChI=1S/C19H22O5/c1-21-16-6-5-11(7-15(16)20)13-10-14(13)12-8-17(22-2)19(24-4)18(9-12)23-3/h5-9,13-14,20H,10H2,1-4H3/t13-,14+/m0/s1. The Balaban J connectivity index is 1.88. The SMILES string of the molecule is COc1ccc([C@@H]2C[C@@H]2c2cc(OC)c(OC)c(OC)c2)cc1O. The molecule has 0 saturated heterocycles. The third-order valence-electron chi connectivity index (χ3n) is 4.54. The van der Waals surface area contributed by atoms with Crippen molar-refractivity contribution in [3.8, 4) is 28.7 Å². The van der Waals surface area contributed by atoms with Gasteiger partial charge in [-0.05, 0) is 53.6 Å². The molecule has 5 heteroatoms. The molecule has 2 aromatic rings. The highest BCUT2D eigenvalue weighted by molar-refractivity contribution is 5.56. The van der Waals surface area contributed by atoms with E-state index in [0.717, 1.165) is 17.5 Å². The number of benzene rings is 2. The summed E-state index contributed by atoms with van der Waals surface area (Å²) in [6.07, 6.45) is 1.02. The first-order chi connectivity index (χ1) is 11.6. The first kappa shape index (κ1) is 16.3. The van der Waals surface area contributed by atoms with E-state index in [2.05, 4.69) is 0 Å². The fraction of sp³-hybridized carbons (Fsp3) is 0.368. The Labute approximate surface area is 141 Å². The summed E-state index contributed by atoms with van der Waals surface area (Å²) in [5.41, 5.74) is 2.25. The Morgan fingerprint density at radius 2 is 1.33 bits per heavy atom. The molecule has 1 N–H and O–H groups in total. The van der Waals surface area contributed by atoms with Crippen molar-refractivity contribution in [3.63, 3.8) is 0 Å². The summed E-state index contributed by atoms with van der Waals surface area (Å²) in [4.78, 5) is 0. The van der Waals surface area contributed by atoms with Crippen LogP contribution >= 0.6 is 0 Å². The average Bonchev–Trinajstić information content (AvgIpc) is 3.41. The van der Waals surface area contributed by atoms with E-state index in [1.807, 2.05) is 18.2 Å². The third-order valence-corrected chi connectivity index (χ3v) is 4.54. The second kappa shape index (κ2) is 6.51. The van der Waals surface area contributed by atoms with Crippen LogP contribution in [0.3, 0.4) is 0 Å². The molecule has 2 aromatic carbocycles. The molecule has 0 aliphatic heterocycles. The summed E-state index contributed by atoms with van der Waals surface area (Å²) in [7, 11) is 6.38. The number of phenolic OH excluding ortho intramolecular Hbond substituents is 1. The van der Waals surface area contributed by atoms with Crippen molar-refractivity contribution in [1.29, 1.82) is 0 Å². The van der Waals surface area contributed by atoms with Crippen LogP contribution in [0.2, 0.25) is 0 Å². The van der Waals surface area contributed by atoms with Crippen LogP contribution in [0.5, 0.6) is 28.7 Å². The van der Waals surface area contributed by atoms with Crippen molar-refractivity contribution in [3.05, 3.63) is 41.5 Å². The van der Waals surface area contributed by atoms with E-state index in [1.54, 1.807) is 40.6 Å². The molecule has 0 aromatic heterocycles. The number of methoxy groups -OCH3 is 4. The third kappa shape index (κ3) is 2.82.